The van der Waals surface area contributed by atoms with Gasteiger partial charge in [0.2, 0.25) is 0 Å². The van der Waals surface area contributed by atoms with Crippen LogP contribution < -0.4 is 10.6 Å². The number of hydrogen-bond acceptors (Lipinski definition) is 9. The number of rotatable bonds is 9. The number of amides is 1. The van der Waals surface area contributed by atoms with Crippen LogP contribution in [0.15, 0.2) is 64.9 Å². The number of carbonyl (C=O) groups excluding carboxylic acids is 1. The Morgan fingerprint density at radius 3 is 2.30 bits per heavy atom. The molecule has 0 unspecified atom stereocenters. The lowest BCUT2D eigenvalue weighted by Crippen LogP contribution is -2.42. The van der Waals surface area contributed by atoms with E-state index in [0.717, 1.165) is 11.3 Å². The Labute approximate surface area is 216 Å². The highest BCUT2D eigenvalue weighted by Crippen LogP contribution is 2.30. The molecule has 0 saturated carbocycles. The molecule has 2 N–H and O–H groups in total. The molecule has 0 radical (unpaired) electrons. The number of para-hydroxylation sites is 2. The first kappa shape index (κ1) is 26.2. The van der Waals surface area contributed by atoms with Crippen LogP contribution in [0, 0.1) is 20.2 Å². The van der Waals surface area contributed by atoms with Crippen LogP contribution in [0.2, 0.25) is 0 Å². The van der Waals surface area contributed by atoms with E-state index in [4.69, 9.17) is 0 Å². The average Bonchev–Trinajstić information content (AvgIpc) is 3.38. The van der Waals surface area contributed by atoms with E-state index in [0.29, 0.717) is 23.4 Å². The number of nitro groups is 2. The first-order valence-corrected chi connectivity index (χ1v) is 13.5. The van der Waals surface area contributed by atoms with Crippen molar-refractivity contribution in [3.05, 3.63) is 91.3 Å². The van der Waals surface area contributed by atoms with Gasteiger partial charge in [-0.15, -0.1) is 11.3 Å². The molecule has 0 atom stereocenters. The van der Waals surface area contributed by atoms with Gasteiger partial charge in [-0.05, 0) is 43.2 Å². The number of nitrogens with one attached hydrogen (secondary N) is 2. The maximum atomic E-state index is 13.1. The van der Waals surface area contributed by atoms with E-state index in [-0.39, 0.29) is 46.8 Å². The predicted octanol–water partition coefficient (Wildman–Crippen LogP) is 3.76. The summed E-state index contributed by atoms with van der Waals surface area (Å²) in [6, 6.07) is 14.6. The zero-order valence-electron chi connectivity index (χ0n) is 19.4. The molecule has 194 valence electrons. The molecule has 1 aromatic heterocycles. The number of carbonyl (C=O) groups is 1. The Hall–Kier alpha value is -3.88. The van der Waals surface area contributed by atoms with Crippen LogP contribution in [0.4, 0.5) is 17.1 Å². The highest BCUT2D eigenvalue weighted by atomic mass is 32.2. The van der Waals surface area contributed by atoms with E-state index < -0.39 is 25.8 Å². The van der Waals surface area contributed by atoms with Crippen LogP contribution in [0.25, 0.3) is 0 Å². The van der Waals surface area contributed by atoms with Crippen molar-refractivity contribution in [1.82, 2.24) is 9.62 Å². The largest absolute Gasteiger partial charge is 0.377 e. The summed E-state index contributed by atoms with van der Waals surface area (Å²) in [5, 5.41) is 27.8. The summed E-state index contributed by atoms with van der Waals surface area (Å²) in [5.74, 6) is -0.430. The number of benzene rings is 2. The van der Waals surface area contributed by atoms with E-state index in [9.17, 15) is 33.4 Å². The molecule has 0 spiro atoms. The van der Waals surface area contributed by atoms with Crippen molar-refractivity contribution in [1.29, 1.82) is 0 Å². The van der Waals surface area contributed by atoms with Gasteiger partial charge in [-0.2, -0.15) is 4.31 Å². The fraction of sp³-hybridized carbons (Fsp3) is 0.261. The van der Waals surface area contributed by atoms with Gasteiger partial charge < -0.3 is 10.6 Å². The fourth-order valence-electron chi connectivity index (χ4n) is 3.94. The minimum atomic E-state index is -3.72. The van der Waals surface area contributed by atoms with Gasteiger partial charge in [0.1, 0.15) is 9.90 Å². The lowest BCUT2D eigenvalue weighted by atomic mass is 10.1. The summed E-state index contributed by atoms with van der Waals surface area (Å²) in [6.45, 7) is 0.646. The van der Waals surface area contributed by atoms with Crippen molar-refractivity contribution in [2.75, 3.05) is 18.4 Å². The molecule has 1 aliphatic heterocycles. The predicted molar refractivity (Wildman–Crippen MR) is 137 cm³/mol. The minimum absolute atomic E-state index is 0.0238. The van der Waals surface area contributed by atoms with Gasteiger partial charge in [-0.3, -0.25) is 25.0 Å². The number of sulfonamides is 1. The molecule has 2 aromatic carbocycles. The summed E-state index contributed by atoms with van der Waals surface area (Å²) < 4.78 is 27.8. The van der Waals surface area contributed by atoms with E-state index in [1.165, 1.54) is 40.7 Å². The molecule has 0 aliphatic carbocycles. The Morgan fingerprint density at radius 1 is 0.973 bits per heavy atom. The molecule has 2 heterocycles. The second-order valence-electron chi connectivity index (χ2n) is 8.30. The number of nitrogens with zero attached hydrogens (tertiary/aromatic N) is 3. The van der Waals surface area contributed by atoms with Crippen LogP contribution in [0.1, 0.15) is 28.1 Å². The number of nitro benzene ring substituents is 2. The molecule has 37 heavy (non-hydrogen) atoms. The normalized spacial score (nSPS) is 14.7. The Balaban J connectivity index is 1.32. The Bertz CT molecular complexity index is 1420. The molecular weight excluding hydrogens is 522 g/mol. The molecular formula is C23H23N5O7S2. The number of hydrogen-bond donors (Lipinski definition) is 2. The maximum Gasteiger partial charge on any atom is 0.292 e. The topological polar surface area (TPSA) is 165 Å². The van der Waals surface area contributed by atoms with Crippen LogP contribution in [-0.2, 0) is 16.6 Å². The average molecular weight is 546 g/mol. The molecule has 1 saturated heterocycles. The zero-order valence-corrected chi connectivity index (χ0v) is 21.0. The lowest BCUT2D eigenvalue weighted by molar-refractivity contribution is -0.384. The van der Waals surface area contributed by atoms with Gasteiger partial charge in [0.05, 0.1) is 16.4 Å². The highest BCUT2D eigenvalue weighted by Gasteiger charge is 2.31. The molecule has 4 rings (SSSR count). The monoisotopic (exact) mass is 545 g/mol. The summed E-state index contributed by atoms with van der Waals surface area (Å²) in [4.78, 5) is 33.9. The quantitative estimate of drug-likeness (QED) is 0.303. The Kier molecular flexibility index (Phi) is 7.80. The van der Waals surface area contributed by atoms with E-state index in [1.807, 2.05) is 0 Å². The minimum Gasteiger partial charge on any atom is -0.377 e. The van der Waals surface area contributed by atoms with Gasteiger partial charge in [0.15, 0.2) is 0 Å². The third-order valence-electron chi connectivity index (χ3n) is 5.91. The van der Waals surface area contributed by atoms with Crippen LogP contribution in [0.3, 0.4) is 0 Å². The van der Waals surface area contributed by atoms with Crippen LogP contribution >= 0.6 is 11.3 Å². The number of anilines is 1. The van der Waals surface area contributed by atoms with Crippen molar-refractivity contribution < 1.29 is 23.1 Å². The van der Waals surface area contributed by atoms with Crippen LogP contribution in [-0.4, -0.2) is 47.6 Å². The molecule has 14 heteroatoms. The van der Waals surface area contributed by atoms with Gasteiger partial charge in [0, 0.05) is 47.8 Å². The van der Waals surface area contributed by atoms with Crippen molar-refractivity contribution in [2.45, 2.75) is 29.6 Å². The number of piperidine rings is 1. The van der Waals surface area contributed by atoms with E-state index in [2.05, 4.69) is 10.6 Å². The SMILES string of the molecule is O=C(NCc1ccc(S(=O)(=O)N2CCC(Nc3ccccc3[N+](=O)[O-])CC2)s1)c1ccc([N+](=O)[O-])cc1. The standard InChI is InChI=1S/C23H23N5O7S2/c29-23(16-5-7-18(8-6-16)27(30)31)24-15-19-9-10-22(36-19)37(34,35)26-13-11-17(12-14-26)25-20-3-1-2-4-21(20)28(32)33/h1-10,17,25H,11-15H2,(H,24,29). The zero-order chi connectivity index (χ0) is 26.6. The summed E-state index contributed by atoms with van der Waals surface area (Å²) >= 11 is 1.06. The summed E-state index contributed by atoms with van der Waals surface area (Å²) in [7, 11) is -3.72. The second-order valence-corrected chi connectivity index (χ2v) is 11.6. The van der Waals surface area contributed by atoms with Crippen molar-refractivity contribution >= 4 is 44.3 Å². The molecule has 1 fully saturated rings. The maximum absolute atomic E-state index is 13.1. The smallest absolute Gasteiger partial charge is 0.292 e. The molecule has 12 nitrogen and oxygen atoms in total. The van der Waals surface area contributed by atoms with E-state index >= 15 is 0 Å². The molecule has 0 bridgehead atoms. The van der Waals surface area contributed by atoms with Crippen molar-refractivity contribution in [3.63, 3.8) is 0 Å². The number of thiophene rings is 1. The third kappa shape index (κ3) is 6.10. The van der Waals surface area contributed by atoms with Crippen molar-refractivity contribution in [3.8, 4) is 0 Å². The summed E-state index contributed by atoms with van der Waals surface area (Å²) in [6.07, 6.45) is 0.990. The van der Waals surface area contributed by atoms with Crippen LogP contribution in [0.5, 0.6) is 0 Å². The highest BCUT2D eigenvalue weighted by molar-refractivity contribution is 7.91. The fourth-order valence-corrected chi connectivity index (χ4v) is 6.86. The third-order valence-corrected chi connectivity index (χ3v) is 9.36. The first-order valence-electron chi connectivity index (χ1n) is 11.3. The molecule has 1 aliphatic rings. The van der Waals surface area contributed by atoms with Gasteiger partial charge in [-0.1, -0.05) is 12.1 Å². The number of non-ortho nitro benzene ring substituents is 1. The van der Waals surface area contributed by atoms with Gasteiger partial charge >= 0.3 is 0 Å². The molecule has 1 amide bonds. The van der Waals surface area contributed by atoms with Crippen molar-refractivity contribution in [2.24, 2.45) is 0 Å². The van der Waals surface area contributed by atoms with Gasteiger partial charge in [0.25, 0.3) is 27.3 Å². The summed E-state index contributed by atoms with van der Waals surface area (Å²) in [5.41, 5.74) is 0.523. The Morgan fingerprint density at radius 2 is 1.65 bits per heavy atom. The molecule has 3 aromatic rings. The first-order chi connectivity index (χ1) is 17.6. The second kappa shape index (κ2) is 11.0. The lowest BCUT2D eigenvalue weighted by Gasteiger charge is -2.31. The van der Waals surface area contributed by atoms with Gasteiger partial charge in [-0.25, -0.2) is 8.42 Å². The van der Waals surface area contributed by atoms with E-state index in [1.54, 1.807) is 24.3 Å².